The van der Waals surface area contributed by atoms with Gasteiger partial charge in [-0.05, 0) is 75.2 Å². The Morgan fingerprint density at radius 3 is 1.94 bits per heavy atom. The van der Waals surface area contributed by atoms with Crippen molar-refractivity contribution in [1.82, 2.24) is 4.98 Å². The quantitative estimate of drug-likeness (QED) is 0.272. The zero-order valence-corrected chi connectivity index (χ0v) is 18.7. The normalized spacial score (nSPS) is 11.9. The van der Waals surface area contributed by atoms with Gasteiger partial charge in [0.2, 0.25) is 0 Å². The van der Waals surface area contributed by atoms with E-state index in [-0.39, 0.29) is 0 Å². The number of fused-ring (bicyclic) bond motifs is 7. The van der Waals surface area contributed by atoms with Crippen LogP contribution < -0.4 is 0 Å². The van der Waals surface area contributed by atoms with Gasteiger partial charge in [-0.15, -0.1) is 0 Å². The molecule has 0 saturated heterocycles. The molecule has 0 unspecified atom stereocenters. The number of aryl methyl sites for hydroxylation is 2. The average molecular weight is 422 g/mol. The number of aromatic nitrogens is 1. The summed E-state index contributed by atoms with van der Waals surface area (Å²) in [6.07, 6.45) is 0. The standard InChI is InChI=1S/C32H23N/c1-19-24-12-6-5-9-21(24)15-16-26(19)30-20(2)25-13-7-8-14-27(25)32-31(30)28-17-22-10-3-4-11-23(22)18-29(28)33-32/h3-18,33H,1-2H3. The summed E-state index contributed by atoms with van der Waals surface area (Å²) in [6, 6.07) is 35.4. The minimum absolute atomic E-state index is 1.19. The van der Waals surface area contributed by atoms with Crippen LogP contribution in [0.3, 0.4) is 0 Å². The first-order valence-corrected chi connectivity index (χ1v) is 11.5. The van der Waals surface area contributed by atoms with E-state index < -0.39 is 0 Å². The maximum Gasteiger partial charge on any atom is 0.0551 e. The number of H-pyrrole nitrogens is 1. The molecule has 1 nitrogen and oxygen atoms in total. The fourth-order valence-corrected chi connectivity index (χ4v) is 5.73. The van der Waals surface area contributed by atoms with Gasteiger partial charge >= 0.3 is 0 Å². The molecule has 0 fully saturated rings. The average Bonchev–Trinajstić information content (AvgIpc) is 3.22. The van der Waals surface area contributed by atoms with Gasteiger partial charge in [0.05, 0.1) is 5.52 Å². The molecule has 1 heteroatoms. The molecule has 33 heavy (non-hydrogen) atoms. The van der Waals surface area contributed by atoms with Gasteiger partial charge in [0.25, 0.3) is 0 Å². The molecular weight excluding hydrogens is 398 g/mol. The molecule has 1 N–H and O–H groups in total. The SMILES string of the molecule is Cc1c(-c2c(C)c3ccccc3c3[nH]c4cc5ccccc5cc4c23)ccc2ccccc12. The van der Waals surface area contributed by atoms with E-state index in [0.29, 0.717) is 0 Å². The summed E-state index contributed by atoms with van der Waals surface area (Å²) in [5, 5.41) is 10.4. The smallest absolute Gasteiger partial charge is 0.0551 e. The van der Waals surface area contributed by atoms with Crippen molar-refractivity contribution >= 4 is 54.1 Å². The van der Waals surface area contributed by atoms with Gasteiger partial charge in [-0.3, -0.25) is 0 Å². The van der Waals surface area contributed by atoms with E-state index in [9.17, 15) is 0 Å². The first-order valence-electron chi connectivity index (χ1n) is 11.5. The van der Waals surface area contributed by atoms with Crippen LogP contribution in [-0.4, -0.2) is 4.98 Å². The lowest BCUT2D eigenvalue weighted by molar-refractivity contribution is 1.47. The Hall–Kier alpha value is -4.10. The number of aromatic amines is 1. The molecule has 0 aliphatic rings. The third-order valence-electron chi connectivity index (χ3n) is 7.36. The van der Waals surface area contributed by atoms with Crippen molar-refractivity contribution in [3.8, 4) is 11.1 Å². The minimum atomic E-state index is 1.19. The summed E-state index contributed by atoms with van der Waals surface area (Å²) in [6.45, 7) is 4.55. The van der Waals surface area contributed by atoms with E-state index >= 15 is 0 Å². The van der Waals surface area contributed by atoms with Crippen molar-refractivity contribution in [1.29, 1.82) is 0 Å². The fraction of sp³-hybridized carbons (Fsp3) is 0.0625. The highest BCUT2D eigenvalue weighted by Gasteiger charge is 2.19. The van der Waals surface area contributed by atoms with E-state index in [2.05, 4.69) is 116 Å². The predicted molar refractivity (Wildman–Crippen MR) is 143 cm³/mol. The topological polar surface area (TPSA) is 15.8 Å². The molecule has 6 aromatic carbocycles. The van der Waals surface area contributed by atoms with Gasteiger partial charge in [-0.25, -0.2) is 0 Å². The van der Waals surface area contributed by atoms with Crippen LogP contribution in [0.4, 0.5) is 0 Å². The van der Waals surface area contributed by atoms with Crippen LogP contribution in [0.5, 0.6) is 0 Å². The summed E-state index contributed by atoms with van der Waals surface area (Å²) in [7, 11) is 0. The lowest BCUT2D eigenvalue weighted by Gasteiger charge is -2.17. The number of nitrogens with one attached hydrogen (secondary N) is 1. The molecule has 1 heterocycles. The van der Waals surface area contributed by atoms with E-state index in [0.717, 1.165) is 0 Å². The Balaban J connectivity index is 1.73. The van der Waals surface area contributed by atoms with Gasteiger partial charge in [-0.2, -0.15) is 0 Å². The van der Waals surface area contributed by atoms with Gasteiger partial charge in [-0.1, -0.05) is 84.9 Å². The molecule has 0 atom stereocenters. The highest BCUT2D eigenvalue weighted by Crippen LogP contribution is 2.44. The van der Waals surface area contributed by atoms with E-state index in [4.69, 9.17) is 0 Å². The number of benzene rings is 6. The molecule has 1 aromatic heterocycles. The first kappa shape index (κ1) is 18.5. The van der Waals surface area contributed by atoms with Crippen molar-refractivity contribution in [3.63, 3.8) is 0 Å². The summed E-state index contributed by atoms with van der Waals surface area (Å²) >= 11 is 0. The highest BCUT2D eigenvalue weighted by molar-refractivity contribution is 6.25. The number of hydrogen-bond acceptors (Lipinski definition) is 0. The predicted octanol–water partition coefficient (Wildman–Crippen LogP) is 9.06. The van der Waals surface area contributed by atoms with Gasteiger partial charge in [0.15, 0.2) is 0 Å². The molecule has 0 saturated carbocycles. The van der Waals surface area contributed by atoms with Crippen LogP contribution in [-0.2, 0) is 0 Å². The van der Waals surface area contributed by atoms with Crippen LogP contribution in [0.15, 0.2) is 97.1 Å². The van der Waals surface area contributed by atoms with Gasteiger partial charge in [0, 0.05) is 21.7 Å². The molecule has 0 aliphatic heterocycles. The van der Waals surface area contributed by atoms with Crippen molar-refractivity contribution in [2.45, 2.75) is 13.8 Å². The van der Waals surface area contributed by atoms with E-state index in [1.807, 2.05) is 0 Å². The van der Waals surface area contributed by atoms with Crippen molar-refractivity contribution in [2.75, 3.05) is 0 Å². The zero-order chi connectivity index (χ0) is 22.1. The largest absolute Gasteiger partial charge is 0.354 e. The van der Waals surface area contributed by atoms with Crippen LogP contribution >= 0.6 is 0 Å². The summed E-state index contributed by atoms with van der Waals surface area (Å²) in [4.78, 5) is 3.81. The Labute approximate surface area is 192 Å². The van der Waals surface area contributed by atoms with Gasteiger partial charge < -0.3 is 4.98 Å². The molecule has 7 aromatic rings. The summed E-state index contributed by atoms with van der Waals surface area (Å²) < 4.78 is 0. The van der Waals surface area contributed by atoms with Crippen molar-refractivity contribution < 1.29 is 0 Å². The van der Waals surface area contributed by atoms with Gasteiger partial charge in [0.1, 0.15) is 0 Å². The van der Waals surface area contributed by atoms with Crippen LogP contribution in [0, 0.1) is 13.8 Å². The van der Waals surface area contributed by atoms with Crippen LogP contribution in [0.2, 0.25) is 0 Å². The first-order chi connectivity index (χ1) is 16.2. The summed E-state index contributed by atoms with van der Waals surface area (Å²) in [5.74, 6) is 0. The monoisotopic (exact) mass is 421 g/mol. The third-order valence-corrected chi connectivity index (χ3v) is 7.36. The van der Waals surface area contributed by atoms with Crippen LogP contribution in [0.25, 0.3) is 65.3 Å². The maximum absolute atomic E-state index is 3.81. The minimum Gasteiger partial charge on any atom is -0.354 e. The Morgan fingerprint density at radius 2 is 1.15 bits per heavy atom. The van der Waals surface area contributed by atoms with E-state index in [1.165, 1.54) is 76.4 Å². The second kappa shape index (κ2) is 6.70. The van der Waals surface area contributed by atoms with Crippen LogP contribution in [0.1, 0.15) is 11.1 Å². The highest BCUT2D eigenvalue weighted by atomic mass is 14.7. The molecule has 0 radical (unpaired) electrons. The lowest BCUT2D eigenvalue weighted by atomic mass is 9.87. The fourth-order valence-electron chi connectivity index (χ4n) is 5.73. The third kappa shape index (κ3) is 2.54. The maximum atomic E-state index is 3.81. The second-order valence-corrected chi connectivity index (χ2v) is 9.12. The Bertz CT molecular complexity index is 1880. The Morgan fingerprint density at radius 1 is 0.515 bits per heavy atom. The number of rotatable bonds is 1. The molecule has 0 spiro atoms. The van der Waals surface area contributed by atoms with Crippen molar-refractivity contribution in [3.05, 3.63) is 108 Å². The number of hydrogen-bond donors (Lipinski definition) is 1. The van der Waals surface area contributed by atoms with E-state index in [1.54, 1.807) is 0 Å². The zero-order valence-electron chi connectivity index (χ0n) is 18.7. The molecule has 0 amide bonds. The molecular formula is C32H23N. The molecule has 7 rings (SSSR count). The molecule has 156 valence electrons. The summed E-state index contributed by atoms with van der Waals surface area (Å²) in [5.41, 5.74) is 7.75. The second-order valence-electron chi connectivity index (χ2n) is 9.12. The lowest BCUT2D eigenvalue weighted by Crippen LogP contribution is -1.92. The molecule has 0 aliphatic carbocycles. The molecule has 0 bridgehead atoms. The van der Waals surface area contributed by atoms with Crippen molar-refractivity contribution in [2.24, 2.45) is 0 Å². The Kier molecular flexibility index (Phi) is 3.75.